The van der Waals surface area contributed by atoms with Crippen molar-refractivity contribution in [1.82, 2.24) is 24.1 Å². The number of nitrogens with zero attached hydrogens (tertiary/aromatic N) is 5. The number of hydrogen-bond donors (Lipinski definition) is 0. The lowest BCUT2D eigenvalue weighted by Gasteiger charge is -2.22. The quantitative estimate of drug-likeness (QED) is 0.516. The zero-order valence-electron chi connectivity index (χ0n) is 15.3. The second-order valence-corrected chi connectivity index (χ2v) is 7.56. The highest BCUT2D eigenvalue weighted by Crippen LogP contribution is 2.31. The van der Waals surface area contributed by atoms with Crippen molar-refractivity contribution in [2.75, 3.05) is 13.2 Å². The number of benzene rings is 1. The van der Waals surface area contributed by atoms with Gasteiger partial charge in [-0.25, -0.2) is 15.0 Å². The van der Waals surface area contributed by atoms with Crippen LogP contribution in [0.25, 0.3) is 28.0 Å². The van der Waals surface area contributed by atoms with E-state index in [9.17, 15) is 0 Å². The minimum Gasteiger partial charge on any atom is -0.381 e. The van der Waals surface area contributed by atoms with Gasteiger partial charge in [0.25, 0.3) is 0 Å². The summed E-state index contributed by atoms with van der Waals surface area (Å²) >= 11 is 6.49. The van der Waals surface area contributed by atoms with Crippen molar-refractivity contribution in [3.63, 3.8) is 0 Å². The Bertz CT molecular complexity index is 1100. The normalized spacial score (nSPS) is 15.3. The van der Waals surface area contributed by atoms with Gasteiger partial charge in [0, 0.05) is 43.9 Å². The largest absolute Gasteiger partial charge is 0.381 e. The van der Waals surface area contributed by atoms with Gasteiger partial charge in [0.05, 0.1) is 22.4 Å². The van der Waals surface area contributed by atoms with E-state index in [1.807, 2.05) is 23.2 Å². The van der Waals surface area contributed by atoms with Crippen LogP contribution in [-0.2, 0) is 11.3 Å². The van der Waals surface area contributed by atoms with E-state index in [0.717, 1.165) is 60.6 Å². The van der Waals surface area contributed by atoms with Crippen LogP contribution in [0.4, 0.5) is 0 Å². The van der Waals surface area contributed by atoms with Crippen molar-refractivity contribution < 1.29 is 4.74 Å². The molecule has 1 fully saturated rings. The zero-order valence-corrected chi connectivity index (χ0v) is 16.1. The first kappa shape index (κ1) is 17.4. The Morgan fingerprint density at radius 3 is 2.82 bits per heavy atom. The topological polar surface area (TPSA) is 57.8 Å². The summed E-state index contributed by atoms with van der Waals surface area (Å²) in [6.45, 7) is 2.67. The van der Waals surface area contributed by atoms with Gasteiger partial charge >= 0.3 is 0 Å². The number of rotatable bonds is 4. The highest BCUT2D eigenvalue weighted by molar-refractivity contribution is 6.33. The van der Waals surface area contributed by atoms with Crippen LogP contribution in [0, 0.1) is 5.92 Å². The molecule has 7 heteroatoms. The van der Waals surface area contributed by atoms with E-state index < -0.39 is 0 Å². The Kier molecular flexibility index (Phi) is 4.58. The molecule has 0 spiro atoms. The Labute approximate surface area is 167 Å². The van der Waals surface area contributed by atoms with E-state index in [2.05, 4.69) is 37.7 Å². The fraction of sp³-hybridized carbons (Fsp3) is 0.286. The van der Waals surface area contributed by atoms with Gasteiger partial charge in [-0.1, -0.05) is 17.7 Å². The lowest BCUT2D eigenvalue weighted by atomic mass is 10.00. The number of pyridine rings is 1. The summed E-state index contributed by atoms with van der Waals surface area (Å²) < 4.78 is 9.61. The van der Waals surface area contributed by atoms with E-state index in [1.165, 1.54) is 0 Å². The Hall–Kier alpha value is -2.70. The van der Waals surface area contributed by atoms with Crippen LogP contribution in [0.15, 0.2) is 55.5 Å². The van der Waals surface area contributed by atoms with E-state index in [4.69, 9.17) is 16.3 Å². The minimum absolute atomic E-state index is 0.624. The molecule has 0 saturated carbocycles. The van der Waals surface area contributed by atoms with Gasteiger partial charge in [-0.05, 0) is 42.5 Å². The molecule has 6 nitrogen and oxygen atoms in total. The van der Waals surface area contributed by atoms with E-state index in [0.29, 0.717) is 10.9 Å². The lowest BCUT2D eigenvalue weighted by Crippen LogP contribution is -2.20. The van der Waals surface area contributed by atoms with Crippen molar-refractivity contribution in [3.8, 4) is 16.9 Å². The second kappa shape index (κ2) is 7.37. The van der Waals surface area contributed by atoms with Crippen LogP contribution < -0.4 is 0 Å². The summed E-state index contributed by atoms with van der Waals surface area (Å²) in [6, 6.07) is 8.27. The summed E-state index contributed by atoms with van der Waals surface area (Å²) in [7, 11) is 0. The maximum Gasteiger partial charge on any atom is 0.138 e. The van der Waals surface area contributed by atoms with Gasteiger partial charge in [0.15, 0.2) is 0 Å². The molecule has 4 heterocycles. The molecule has 4 aromatic rings. The number of aromatic nitrogens is 5. The maximum absolute atomic E-state index is 6.49. The smallest absolute Gasteiger partial charge is 0.138 e. The van der Waals surface area contributed by atoms with Crippen LogP contribution in [0.2, 0.25) is 5.02 Å². The average Bonchev–Trinajstić information content (AvgIpc) is 3.40. The first-order valence-corrected chi connectivity index (χ1v) is 9.82. The molecule has 0 bridgehead atoms. The summed E-state index contributed by atoms with van der Waals surface area (Å²) in [5.41, 5.74) is 4.12. The average molecular weight is 394 g/mol. The predicted molar refractivity (Wildman–Crippen MR) is 109 cm³/mol. The summed E-state index contributed by atoms with van der Waals surface area (Å²) in [4.78, 5) is 13.1. The Morgan fingerprint density at radius 2 is 2.00 bits per heavy atom. The molecule has 5 rings (SSSR count). The monoisotopic (exact) mass is 393 g/mol. The molecule has 3 aromatic heterocycles. The second-order valence-electron chi connectivity index (χ2n) is 7.15. The molecule has 0 unspecified atom stereocenters. The Balaban J connectivity index is 1.52. The molecule has 1 aliphatic rings. The molecule has 142 valence electrons. The number of hydrogen-bond acceptors (Lipinski definition) is 4. The summed E-state index contributed by atoms with van der Waals surface area (Å²) in [6.07, 6.45) is 11.2. The first-order chi connectivity index (χ1) is 13.8. The zero-order chi connectivity index (χ0) is 18.9. The van der Waals surface area contributed by atoms with Crippen LogP contribution in [0.5, 0.6) is 0 Å². The van der Waals surface area contributed by atoms with E-state index >= 15 is 0 Å². The van der Waals surface area contributed by atoms with Crippen LogP contribution in [-0.4, -0.2) is 37.3 Å². The minimum atomic E-state index is 0.624. The first-order valence-electron chi connectivity index (χ1n) is 9.45. The molecule has 1 aromatic carbocycles. The molecule has 0 amide bonds. The third-order valence-electron chi connectivity index (χ3n) is 5.34. The van der Waals surface area contributed by atoms with Crippen LogP contribution in [0.1, 0.15) is 12.8 Å². The summed E-state index contributed by atoms with van der Waals surface area (Å²) in [5.74, 6) is 1.42. The van der Waals surface area contributed by atoms with E-state index in [1.54, 1.807) is 18.7 Å². The number of imidazole rings is 2. The molecule has 1 saturated heterocycles. The van der Waals surface area contributed by atoms with Crippen LogP contribution in [0.3, 0.4) is 0 Å². The standard InChI is InChI=1S/C21H20ClN5O/c22-18-11-24-21(26-6-5-23-13-26)10-17(18)16-1-2-19-20(9-16)27(14-25-19)12-15-3-7-28-8-4-15/h1-2,5-6,9-11,13-15H,3-4,7-8,12H2. The Morgan fingerprint density at radius 1 is 1.11 bits per heavy atom. The number of halogens is 1. The van der Waals surface area contributed by atoms with Gasteiger partial charge in [-0.15, -0.1) is 0 Å². The predicted octanol–water partition coefficient (Wildman–Crippen LogP) is 4.36. The highest BCUT2D eigenvalue weighted by atomic mass is 35.5. The van der Waals surface area contributed by atoms with Gasteiger partial charge in [0.2, 0.25) is 0 Å². The van der Waals surface area contributed by atoms with Gasteiger partial charge in [-0.3, -0.25) is 4.57 Å². The third-order valence-corrected chi connectivity index (χ3v) is 5.64. The molecule has 0 aliphatic carbocycles. The van der Waals surface area contributed by atoms with Gasteiger partial charge < -0.3 is 9.30 Å². The van der Waals surface area contributed by atoms with Gasteiger partial charge in [-0.2, -0.15) is 0 Å². The molecule has 1 aliphatic heterocycles. The van der Waals surface area contributed by atoms with Crippen molar-refractivity contribution >= 4 is 22.6 Å². The van der Waals surface area contributed by atoms with Crippen molar-refractivity contribution in [3.05, 3.63) is 60.5 Å². The fourth-order valence-corrected chi connectivity index (χ4v) is 3.97. The SMILES string of the molecule is Clc1cnc(-n2ccnc2)cc1-c1ccc2ncn(CC3CCOCC3)c2c1. The lowest BCUT2D eigenvalue weighted by molar-refractivity contribution is 0.0616. The maximum atomic E-state index is 6.49. The fourth-order valence-electron chi connectivity index (χ4n) is 3.76. The molecule has 28 heavy (non-hydrogen) atoms. The van der Waals surface area contributed by atoms with Gasteiger partial charge in [0.1, 0.15) is 12.1 Å². The number of fused-ring (bicyclic) bond motifs is 1. The molecule has 0 atom stereocenters. The molecule has 0 N–H and O–H groups in total. The van der Waals surface area contributed by atoms with Crippen LogP contribution >= 0.6 is 11.6 Å². The molecular formula is C21H20ClN5O. The van der Waals surface area contributed by atoms with Crippen molar-refractivity contribution in [1.29, 1.82) is 0 Å². The molecular weight excluding hydrogens is 374 g/mol. The molecule has 0 radical (unpaired) electrons. The number of ether oxygens (including phenoxy) is 1. The summed E-state index contributed by atoms with van der Waals surface area (Å²) in [5, 5.41) is 0.624. The van der Waals surface area contributed by atoms with Crippen molar-refractivity contribution in [2.24, 2.45) is 5.92 Å². The third kappa shape index (κ3) is 3.30. The van der Waals surface area contributed by atoms with Crippen molar-refractivity contribution in [2.45, 2.75) is 19.4 Å². The van der Waals surface area contributed by atoms with E-state index in [-0.39, 0.29) is 0 Å². The highest BCUT2D eigenvalue weighted by Gasteiger charge is 2.16.